The SMILES string of the molecule is N[C@H](c1cccc(C(=O)O)c1F)C(F)(F)F. The Morgan fingerprint density at radius 2 is 1.94 bits per heavy atom. The summed E-state index contributed by atoms with van der Waals surface area (Å²) >= 11 is 0. The largest absolute Gasteiger partial charge is 0.478 e. The second kappa shape index (κ2) is 4.09. The normalized spacial score (nSPS) is 13.6. The number of rotatable bonds is 2. The summed E-state index contributed by atoms with van der Waals surface area (Å²) in [6.45, 7) is 0. The van der Waals surface area contributed by atoms with Crippen molar-refractivity contribution in [3.05, 3.63) is 35.1 Å². The molecule has 0 saturated heterocycles. The Kier molecular flexibility index (Phi) is 3.18. The van der Waals surface area contributed by atoms with Crippen molar-refractivity contribution in [2.24, 2.45) is 5.73 Å². The molecule has 0 aliphatic rings. The first kappa shape index (κ1) is 12.4. The van der Waals surface area contributed by atoms with Crippen LogP contribution in [0.4, 0.5) is 17.6 Å². The van der Waals surface area contributed by atoms with E-state index in [1.807, 2.05) is 0 Å². The molecule has 1 aromatic carbocycles. The highest BCUT2D eigenvalue weighted by Gasteiger charge is 2.39. The van der Waals surface area contributed by atoms with E-state index in [1.54, 1.807) is 0 Å². The van der Waals surface area contributed by atoms with Gasteiger partial charge in [-0.3, -0.25) is 0 Å². The first-order valence-corrected chi connectivity index (χ1v) is 4.09. The van der Waals surface area contributed by atoms with Crippen molar-refractivity contribution in [2.75, 3.05) is 0 Å². The third-order valence-corrected chi connectivity index (χ3v) is 1.95. The molecule has 0 radical (unpaired) electrons. The number of carboxylic acid groups (broad SMARTS) is 1. The molecule has 0 saturated carbocycles. The highest BCUT2D eigenvalue weighted by Crippen LogP contribution is 2.32. The lowest BCUT2D eigenvalue weighted by atomic mass is 10.0. The van der Waals surface area contributed by atoms with E-state index in [2.05, 4.69) is 0 Å². The number of hydrogen-bond donors (Lipinski definition) is 2. The van der Waals surface area contributed by atoms with Crippen molar-refractivity contribution in [1.82, 2.24) is 0 Å². The standard InChI is InChI=1S/C9H7F4NO2/c10-6-4(7(14)9(11,12)13)2-1-3-5(6)8(15)16/h1-3,7H,14H2,(H,15,16)/t7-/m1/s1. The number of alkyl halides is 3. The van der Waals surface area contributed by atoms with Gasteiger partial charge in [0.25, 0.3) is 0 Å². The average Bonchev–Trinajstić information content (AvgIpc) is 2.15. The molecule has 0 amide bonds. The molecular weight excluding hydrogens is 230 g/mol. The molecule has 88 valence electrons. The zero-order valence-corrected chi connectivity index (χ0v) is 7.75. The summed E-state index contributed by atoms with van der Waals surface area (Å²) in [5.41, 5.74) is 3.07. The fourth-order valence-corrected chi connectivity index (χ4v) is 1.13. The molecule has 0 aliphatic heterocycles. The Morgan fingerprint density at radius 1 is 1.38 bits per heavy atom. The Bertz CT molecular complexity index is 416. The van der Waals surface area contributed by atoms with Gasteiger partial charge in [-0.05, 0) is 6.07 Å². The van der Waals surface area contributed by atoms with Crippen LogP contribution in [0.5, 0.6) is 0 Å². The maximum absolute atomic E-state index is 13.3. The molecule has 1 aromatic rings. The molecule has 3 N–H and O–H groups in total. The van der Waals surface area contributed by atoms with Crippen LogP contribution in [0.3, 0.4) is 0 Å². The summed E-state index contributed by atoms with van der Waals surface area (Å²) in [5.74, 6) is -3.10. The molecule has 3 nitrogen and oxygen atoms in total. The smallest absolute Gasteiger partial charge is 0.407 e. The van der Waals surface area contributed by atoms with E-state index in [0.717, 1.165) is 18.2 Å². The van der Waals surface area contributed by atoms with Crippen LogP contribution in [0.15, 0.2) is 18.2 Å². The Hall–Kier alpha value is -1.63. The Labute approximate surface area is 87.5 Å². The molecule has 0 heterocycles. The number of aromatic carboxylic acids is 1. The third kappa shape index (κ3) is 2.30. The molecule has 7 heteroatoms. The quantitative estimate of drug-likeness (QED) is 0.774. The lowest BCUT2D eigenvalue weighted by Gasteiger charge is -2.17. The van der Waals surface area contributed by atoms with Crippen LogP contribution in [0.25, 0.3) is 0 Å². The summed E-state index contributed by atoms with van der Waals surface area (Å²) in [4.78, 5) is 10.5. The minimum absolute atomic E-state index is 0.805. The topological polar surface area (TPSA) is 63.3 Å². The van der Waals surface area contributed by atoms with E-state index in [-0.39, 0.29) is 0 Å². The van der Waals surface area contributed by atoms with Crippen molar-refractivity contribution in [2.45, 2.75) is 12.2 Å². The fraction of sp³-hybridized carbons (Fsp3) is 0.222. The van der Waals surface area contributed by atoms with Gasteiger partial charge in [-0.2, -0.15) is 13.2 Å². The second-order valence-corrected chi connectivity index (χ2v) is 3.03. The zero-order valence-electron chi connectivity index (χ0n) is 7.75. The van der Waals surface area contributed by atoms with Crippen LogP contribution in [-0.2, 0) is 0 Å². The molecule has 0 bridgehead atoms. The van der Waals surface area contributed by atoms with Crippen molar-refractivity contribution < 1.29 is 27.5 Å². The predicted molar refractivity (Wildman–Crippen MR) is 46.3 cm³/mol. The summed E-state index contributed by atoms with van der Waals surface area (Å²) in [6.07, 6.45) is -4.82. The Balaban J connectivity index is 3.26. The minimum Gasteiger partial charge on any atom is -0.478 e. The summed E-state index contributed by atoms with van der Waals surface area (Å²) < 4.78 is 50.0. The van der Waals surface area contributed by atoms with Gasteiger partial charge in [0.05, 0.1) is 5.56 Å². The molecule has 16 heavy (non-hydrogen) atoms. The molecule has 0 aromatic heterocycles. The van der Waals surface area contributed by atoms with Crippen molar-refractivity contribution in [3.63, 3.8) is 0 Å². The maximum atomic E-state index is 13.3. The number of halogens is 4. The summed E-state index contributed by atoms with van der Waals surface area (Å²) in [7, 11) is 0. The van der Waals surface area contributed by atoms with Gasteiger partial charge in [-0.15, -0.1) is 0 Å². The van der Waals surface area contributed by atoms with E-state index >= 15 is 0 Å². The monoisotopic (exact) mass is 237 g/mol. The third-order valence-electron chi connectivity index (χ3n) is 1.95. The van der Waals surface area contributed by atoms with Crippen molar-refractivity contribution in [1.29, 1.82) is 0 Å². The van der Waals surface area contributed by atoms with E-state index in [1.165, 1.54) is 0 Å². The molecule has 0 fully saturated rings. The van der Waals surface area contributed by atoms with E-state index in [4.69, 9.17) is 10.8 Å². The number of hydrogen-bond acceptors (Lipinski definition) is 2. The summed E-state index contributed by atoms with van der Waals surface area (Å²) in [5, 5.41) is 8.51. The molecule has 1 rings (SSSR count). The molecular formula is C9H7F4NO2. The van der Waals surface area contributed by atoms with E-state index in [9.17, 15) is 22.4 Å². The van der Waals surface area contributed by atoms with Gasteiger partial charge in [-0.1, -0.05) is 12.1 Å². The lowest BCUT2D eigenvalue weighted by Crippen LogP contribution is -2.29. The van der Waals surface area contributed by atoms with Crippen LogP contribution in [0.1, 0.15) is 22.0 Å². The van der Waals surface area contributed by atoms with Crippen LogP contribution in [0.2, 0.25) is 0 Å². The molecule has 0 aliphatic carbocycles. The van der Waals surface area contributed by atoms with E-state index < -0.39 is 35.1 Å². The number of carbonyl (C=O) groups is 1. The van der Waals surface area contributed by atoms with Gasteiger partial charge >= 0.3 is 12.1 Å². The highest BCUT2D eigenvalue weighted by atomic mass is 19.4. The average molecular weight is 237 g/mol. The molecule has 1 atom stereocenters. The van der Waals surface area contributed by atoms with Gasteiger partial charge in [0.15, 0.2) is 0 Å². The first-order valence-electron chi connectivity index (χ1n) is 4.09. The van der Waals surface area contributed by atoms with E-state index in [0.29, 0.717) is 0 Å². The fourth-order valence-electron chi connectivity index (χ4n) is 1.13. The number of carboxylic acids is 1. The molecule has 0 spiro atoms. The van der Waals surface area contributed by atoms with Crippen LogP contribution in [0, 0.1) is 5.82 Å². The van der Waals surface area contributed by atoms with Crippen LogP contribution < -0.4 is 5.73 Å². The lowest BCUT2D eigenvalue weighted by molar-refractivity contribution is -0.149. The maximum Gasteiger partial charge on any atom is 0.407 e. The number of nitrogens with two attached hydrogens (primary N) is 1. The van der Waals surface area contributed by atoms with Gasteiger partial charge in [0, 0.05) is 5.56 Å². The highest BCUT2D eigenvalue weighted by molar-refractivity contribution is 5.88. The van der Waals surface area contributed by atoms with Gasteiger partial charge in [0.1, 0.15) is 11.9 Å². The van der Waals surface area contributed by atoms with Gasteiger partial charge < -0.3 is 10.8 Å². The Morgan fingerprint density at radius 3 is 2.38 bits per heavy atom. The van der Waals surface area contributed by atoms with Crippen LogP contribution in [-0.4, -0.2) is 17.3 Å². The van der Waals surface area contributed by atoms with Crippen LogP contribution >= 0.6 is 0 Å². The van der Waals surface area contributed by atoms with Gasteiger partial charge in [-0.25, -0.2) is 9.18 Å². The second-order valence-electron chi connectivity index (χ2n) is 3.03. The minimum atomic E-state index is -4.82. The first-order chi connectivity index (χ1) is 7.25. The predicted octanol–water partition coefficient (Wildman–Crippen LogP) is 2.09. The van der Waals surface area contributed by atoms with Crippen molar-refractivity contribution in [3.8, 4) is 0 Å². The van der Waals surface area contributed by atoms with Gasteiger partial charge in [0.2, 0.25) is 0 Å². The molecule has 0 unspecified atom stereocenters. The van der Waals surface area contributed by atoms with Crippen molar-refractivity contribution >= 4 is 5.97 Å². The summed E-state index contributed by atoms with van der Waals surface area (Å²) in [6, 6.07) is 0.143. The zero-order chi connectivity index (χ0) is 12.5. The number of benzene rings is 1.